The van der Waals surface area contributed by atoms with E-state index in [4.69, 9.17) is 9.84 Å². The fourth-order valence-corrected chi connectivity index (χ4v) is 2.12. The van der Waals surface area contributed by atoms with Gasteiger partial charge in [0.05, 0.1) is 12.3 Å². The lowest BCUT2D eigenvalue weighted by atomic mass is 10.2. The van der Waals surface area contributed by atoms with Gasteiger partial charge in [0.15, 0.2) is 0 Å². The molecule has 112 valence electrons. The number of carbonyl (C=O) groups is 3. The highest BCUT2D eigenvalue weighted by Crippen LogP contribution is 2.22. The van der Waals surface area contributed by atoms with Crippen LogP contribution in [-0.2, 0) is 14.3 Å². The Bertz CT molecular complexity index is 549. The third kappa shape index (κ3) is 3.51. The van der Waals surface area contributed by atoms with Crippen LogP contribution in [0.2, 0.25) is 0 Å². The standard InChI is InChI=1S/C12H13N3O6/c16-10(17)6-21-7-3-9(12(19)20)15(5-7)11(18)8-4-13-1-2-14-8/h1-2,4,7,9H,3,5-6H2,(H,16,17)(H,19,20). The van der Waals surface area contributed by atoms with Gasteiger partial charge in [-0.15, -0.1) is 0 Å². The first-order chi connectivity index (χ1) is 9.99. The highest BCUT2D eigenvalue weighted by atomic mass is 16.5. The predicted molar refractivity (Wildman–Crippen MR) is 66.5 cm³/mol. The highest BCUT2D eigenvalue weighted by molar-refractivity contribution is 5.95. The smallest absolute Gasteiger partial charge is 0.329 e. The Kier molecular flexibility index (Phi) is 4.43. The molecule has 9 nitrogen and oxygen atoms in total. The minimum Gasteiger partial charge on any atom is -0.480 e. The predicted octanol–water partition coefficient (Wildman–Crippen LogP) is -0.754. The normalized spacial score (nSPS) is 21.2. The lowest BCUT2D eigenvalue weighted by Crippen LogP contribution is -2.41. The van der Waals surface area contributed by atoms with Gasteiger partial charge in [-0.1, -0.05) is 0 Å². The van der Waals surface area contributed by atoms with Crippen molar-refractivity contribution < 1.29 is 29.3 Å². The Morgan fingerprint density at radius 1 is 1.33 bits per heavy atom. The van der Waals surface area contributed by atoms with Crippen molar-refractivity contribution in [1.29, 1.82) is 0 Å². The number of carbonyl (C=O) groups excluding carboxylic acids is 1. The number of nitrogens with zero attached hydrogens (tertiary/aromatic N) is 3. The number of ether oxygens (including phenoxy) is 1. The van der Waals surface area contributed by atoms with Crippen molar-refractivity contribution in [3.63, 3.8) is 0 Å². The molecule has 1 fully saturated rings. The van der Waals surface area contributed by atoms with Gasteiger partial charge in [0.2, 0.25) is 0 Å². The number of aromatic nitrogens is 2. The van der Waals surface area contributed by atoms with Crippen LogP contribution < -0.4 is 0 Å². The molecule has 1 aromatic heterocycles. The van der Waals surface area contributed by atoms with E-state index in [0.717, 1.165) is 4.90 Å². The fourth-order valence-electron chi connectivity index (χ4n) is 2.12. The molecule has 2 N–H and O–H groups in total. The lowest BCUT2D eigenvalue weighted by Gasteiger charge is -2.20. The maximum Gasteiger partial charge on any atom is 0.329 e. The van der Waals surface area contributed by atoms with Crippen LogP contribution >= 0.6 is 0 Å². The summed E-state index contributed by atoms with van der Waals surface area (Å²) in [6.45, 7) is -0.538. The van der Waals surface area contributed by atoms with Crippen molar-refractivity contribution in [1.82, 2.24) is 14.9 Å². The van der Waals surface area contributed by atoms with Crippen LogP contribution in [0.4, 0.5) is 0 Å². The number of amides is 1. The SMILES string of the molecule is O=C(O)COC1CC(C(=O)O)N(C(=O)c2cnccn2)C1. The van der Waals surface area contributed by atoms with Crippen molar-refractivity contribution in [2.24, 2.45) is 0 Å². The molecule has 0 radical (unpaired) electrons. The summed E-state index contributed by atoms with van der Waals surface area (Å²) in [5.41, 5.74) is 0.0302. The molecule has 0 spiro atoms. The Labute approximate surface area is 119 Å². The van der Waals surface area contributed by atoms with Crippen molar-refractivity contribution in [2.45, 2.75) is 18.6 Å². The summed E-state index contributed by atoms with van der Waals surface area (Å²) in [7, 11) is 0. The monoisotopic (exact) mass is 295 g/mol. The average Bonchev–Trinajstić information content (AvgIpc) is 2.89. The minimum atomic E-state index is -1.17. The summed E-state index contributed by atoms with van der Waals surface area (Å²) in [5.74, 6) is -2.90. The Hall–Kier alpha value is -2.55. The van der Waals surface area contributed by atoms with Gasteiger partial charge in [-0.3, -0.25) is 9.78 Å². The molecule has 1 saturated heterocycles. The Balaban J connectivity index is 2.11. The Morgan fingerprint density at radius 2 is 2.10 bits per heavy atom. The number of hydrogen-bond acceptors (Lipinski definition) is 6. The molecule has 9 heteroatoms. The molecule has 1 aliphatic rings. The molecule has 0 saturated carbocycles. The summed E-state index contributed by atoms with van der Waals surface area (Å²) in [4.78, 5) is 42.6. The average molecular weight is 295 g/mol. The third-order valence-electron chi connectivity index (χ3n) is 3.03. The van der Waals surface area contributed by atoms with Crippen molar-refractivity contribution in [2.75, 3.05) is 13.2 Å². The van der Waals surface area contributed by atoms with Gasteiger partial charge in [0, 0.05) is 25.4 Å². The van der Waals surface area contributed by atoms with Crippen LogP contribution in [0.15, 0.2) is 18.6 Å². The fraction of sp³-hybridized carbons (Fsp3) is 0.417. The number of aliphatic carboxylic acids is 2. The molecule has 2 rings (SSSR count). The number of rotatable bonds is 5. The zero-order valence-corrected chi connectivity index (χ0v) is 10.9. The molecule has 2 unspecified atom stereocenters. The summed E-state index contributed by atoms with van der Waals surface area (Å²) < 4.78 is 5.07. The molecule has 2 heterocycles. The minimum absolute atomic E-state index is 0.000343. The topological polar surface area (TPSA) is 130 Å². The molecule has 2 atom stereocenters. The zero-order chi connectivity index (χ0) is 15.4. The van der Waals surface area contributed by atoms with E-state index in [1.54, 1.807) is 0 Å². The van der Waals surface area contributed by atoms with Gasteiger partial charge in [0.1, 0.15) is 18.3 Å². The molecular formula is C12H13N3O6. The van der Waals surface area contributed by atoms with Crippen molar-refractivity contribution >= 4 is 17.8 Å². The van der Waals surface area contributed by atoms with Crippen LogP contribution in [0.1, 0.15) is 16.9 Å². The number of carboxylic acid groups (broad SMARTS) is 2. The van der Waals surface area contributed by atoms with Crippen LogP contribution in [0.5, 0.6) is 0 Å². The van der Waals surface area contributed by atoms with Gasteiger partial charge in [-0.05, 0) is 0 Å². The molecule has 1 aromatic rings. The first-order valence-electron chi connectivity index (χ1n) is 6.12. The van der Waals surface area contributed by atoms with Crippen LogP contribution in [0.25, 0.3) is 0 Å². The van der Waals surface area contributed by atoms with E-state index in [0.29, 0.717) is 0 Å². The van der Waals surface area contributed by atoms with Crippen molar-refractivity contribution in [3.8, 4) is 0 Å². The van der Waals surface area contributed by atoms with E-state index in [9.17, 15) is 19.5 Å². The first kappa shape index (κ1) is 14.9. The van der Waals surface area contributed by atoms with Crippen LogP contribution in [0.3, 0.4) is 0 Å². The van der Waals surface area contributed by atoms with Gasteiger partial charge in [0.25, 0.3) is 5.91 Å². The second kappa shape index (κ2) is 6.27. The second-order valence-electron chi connectivity index (χ2n) is 4.46. The molecule has 0 aromatic carbocycles. The quantitative estimate of drug-likeness (QED) is 0.725. The van der Waals surface area contributed by atoms with E-state index >= 15 is 0 Å². The Morgan fingerprint density at radius 3 is 2.67 bits per heavy atom. The van der Waals surface area contributed by atoms with E-state index in [1.807, 2.05) is 0 Å². The zero-order valence-electron chi connectivity index (χ0n) is 10.9. The maximum atomic E-state index is 12.2. The van der Waals surface area contributed by atoms with Crippen LogP contribution in [-0.4, -0.2) is 68.2 Å². The van der Waals surface area contributed by atoms with E-state index in [-0.39, 0.29) is 18.7 Å². The molecule has 1 amide bonds. The van der Waals surface area contributed by atoms with E-state index < -0.39 is 36.6 Å². The molecule has 0 aliphatic carbocycles. The molecule has 0 bridgehead atoms. The summed E-state index contributed by atoms with van der Waals surface area (Å²) in [6.07, 6.45) is 3.37. The first-order valence-corrected chi connectivity index (χ1v) is 6.12. The lowest BCUT2D eigenvalue weighted by molar-refractivity contribution is -0.144. The molecule has 1 aliphatic heterocycles. The molecule has 21 heavy (non-hydrogen) atoms. The number of carboxylic acids is 2. The van der Waals surface area contributed by atoms with Gasteiger partial charge < -0.3 is 19.8 Å². The summed E-state index contributed by atoms with van der Waals surface area (Å²) in [6, 6.07) is -1.07. The van der Waals surface area contributed by atoms with E-state index in [2.05, 4.69) is 9.97 Å². The third-order valence-corrected chi connectivity index (χ3v) is 3.03. The largest absolute Gasteiger partial charge is 0.480 e. The van der Waals surface area contributed by atoms with Crippen molar-refractivity contribution in [3.05, 3.63) is 24.3 Å². The highest BCUT2D eigenvalue weighted by Gasteiger charge is 2.41. The van der Waals surface area contributed by atoms with Crippen LogP contribution in [0, 0.1) is 0 Å². The number of hydrogen-bond donors (Lipinski definition) is 2. The second-order valence-corrected chi connectivity index (χ2v) is 4.46. The van der Waals surface area contributed by atoms with Gasteiger partial charge in [-0.2, -0.15) is 0 Å². The van der Waals surface area contributed by atoms with E-state index in [1.165, 1.54) is 18.6 Å². The van der Waals surface area contributed by atoms with Gasteiger partial charge >= 0.3 is 11.9 Å². The molecular weight excluding hydrogens is 282 g/mol. The van der Waals surface area contributed by atoms with Gasteiger partial charge in [-0.25, -0.2) is 14.6 Å². The summed E-state index contributed by atoms with van der Waals surface area (Å²) >= 11 is 0. The summed E-state index contributed by atoms with van der Waals surface area (Å²) in [5, 5.41) is 17.7. The number of likely N-dealkylation sites (tertiary alicyclic amines) is 1. The maximum absolute atomic E-state index is 12.2.